The highest BCUT2D eigenvalue weighted by atomic mass is 32.2. The van der Waals surface area contributed by atoms with Crippen molar-refractivity contribution in [1.29, 1.82) is 0 Å². The molecule has 100 valence electrons. The Labute approximate surface area is 108 Å². The maximum absolute atomic E-state index is 13.0. The number of nitrogens with one attached hydrogen (secondary N) is 1. The molecule has 0 aromatic rings. The van der Waals surface area contributed by atoms with E-state index in [1.165, 1.54) is 32.1 Å². The van der Waals surface area contributed by atoms with Crippen molar-refractivity contribution >= 4 is 10.8 Å². The first kappa shape index (κ1) is 13.5. The monoisotopic (exact) mass is 257 g/mol. The smallest absolute Gasteiger partial charge is 0.0617 e. The van der Waals surface area contributed by atoms with Crippen molar-refractivity contribution in [3.05, 3.63) is 0 Å². The molecule has 1 saturated heterocycles. The third-order valence-corrected chi connectivity index (χ3v) is 6.86. The molecule has 0 aromatic carbocycles. The summed E-state index contributed by atoms with van der Waals surface area (Å²) in [6.07, 6.45) is 8.66. The number of hydrogen-bond acceptors (Lipinski definition) is 2. The zero-order valence-electron chi connectivity index (χ0n) is 11.6. The first-order valence-corrected chi connectivity index (χ1v) is 8.27. The lowest BCUT2D eigenvalue weighted by atomic mass is 9.82. The summed E-state index contributed by atoms with van der Waals surface area (Å²) in [6.45, 7) is 7.52. The number of rotatable bonds is 2. The molecule has 0 radical (unpaired) electrons. The average molecular weight is 257 g/mol. The van der Waals surface area contributed by atoms with Gasteiger partial charge in [0.1, 0.15) is 0 Å². The Morgan fingerprint density at radius 3 is 2.24 bits per heavy atom. The minimum Gasteiger partial charge on any atom is -0.312 e. The zero-order valence-corrected chi connectivity index (χ0v) is 12.4. The summed E-state index contributed by atoms with van der Waals surface area (Å²) in [5.41, 5.74) is 0. The summed E-state index contributed by atoms with van der Waals surface area (Å²) < 4.78 is 13.0. The van der Waals surface area contributed by atoms with E-state index in [1.54, 1.807) is 0 Å². The Bertz CT molecular complexity index is 283. The van der Waals surface area contributed by atoms with E-state index in [9.17, 15) is 4.21 Å². The molecule has 3 heteroatoms. The highest BCUT2D eigenvalue weighted by molar-refractivity contribution is 7.87. The van der Waals surface area contributed by atoms with E-state index in [0.29, 0.717) is 6.04 Å². The molecule has 0 spiro atoms. The van der Waals surface area contributed by atoms with Crippen molar-refractivity contribution in [2.45, 2.75) is 81.3 Å². The summed E-state index contributed by atoms with van der Waals surface area (Å²) in [7, 11) is -0.735. The molecule has 2 atom stereocenters. The van der Waals surface area contributed by atoms with E-state index in [1.807, 2.05) is 0 Å². The Balaban J connectivity index is 2.25. The maximum Gasteiger partial charge on any atom is 0.0617 e. The topological polar surface area (TPSA) is 29.1 Å². The fourth-order valence-corrected chi connectivity index (χ4v) is 5.90. The van der Waals surface area contributed by atoms with Crippen LogP contribution in [0.5, 0.6) is 0 Å². The predicted molar refractivity (Wildman–Crippen MR) is 74.7 cm³/mol. The standard InChI is InChI=1S/C14H27NOS/c1-13(2,3)17(16)14(9-5-4-6-10-14)12-8-7-11-15-12/h12,15H,4-11H2,1-3H3/t12?,17-/m0/s1. The van der Waals surface area contributed by atoms with Gasteiger partial charge in [0.25, 0.3) is 0 Å². The van der Waals surface area contributed by atoms with E-state index in [4.69, 9.17) is 0 Å². The van der Waals surface area contributed by atoms with Gasteiger partial charge in [-0.3, -0.25) is 4.21 Å². The molecule has 1 N–H and O–H groups in total. The van der Waals surface area contributed by atoms with Crippen LogP contribution < -0.4 is 5.32 Å². The molecule has 2 fully saturated rings. The van der Waals surface area contributed by atoms with Gasteiger partial charge in [-0.05, 0) is 53.0 Å². The minimum absolute atomic E-state index is 0.0625. The van der Waals surface area contributed by atoms with Crippen LogP contribution in [0.1, 0.15) is 65.7 Å². The average Bonchev–Trinajstić information content (AvgIpc) is 2.81. The van der Waals surface area contributed by atoms with Gasteiger partial charge in [-0.15, -0.1) is 0 Å². The van der Waals surface area contributed by atoms with Crippen LogP contribution in [0.4, 0.5) is 0 Å². The third kappa shape index (κ3) is 2.60. The van der Waals surface area contributed by atoms with Crippen LogP contribution in [0.2, 0.25) is 0 Å². The Morgan fingerprint density at radius 2 is 1.76 bits per heavy atom. The number of hydrogen-bond donors (Lipinski definition) is 1. The van der Waals surface area contributed by atoms with Crippen LogP contribution in [0, 0.1) is 0 Å². The summed E-state index contributed by atoms with van der Waals surface area (Å²) >= 11 is 0. The van der Waals surface area contributed by atoms with Crippen molar-refractivity contribution in [2.75, 3.05) is 6.54 Å². The van der Waals surface area contributed by atoms with Crippen LogP contribution in [0.15, 0.2) is 0 Å². The summed E-state index contributed by atoms with van der Waals surface area (Å²) in [4.78, 5) is 0. The molecule has 2 aliphatic rings. The lowest BCUT2D eigenvalue weighted by Gasteiger charge is -2.45. The van der Waals surface area contributed by atoms with E-state index < -0.39 is 10.8 Å². The van der Waals surface area contributed by atoms with Gasteiger partial charge in [0.15, 0.2) is 0 Å². The first-order valence-electron chi connectivity index (χ1n) is 7.12. The quantitative estimate of drug-likeness (QED) is 0.824. The van der Waals surface area contributed by atoms with Gasteiger partial charge in [0.2, 0.25) is 0 Å². The molecule has 17 heavy (non-hydrogen) atoms. The second kappa shape index (κ2) is 5.00. The summed E-state index contributed by atoms with van der Waals surface area (Å²) in [5, 5.41) is 3.63. The fraction of sp³-hybridized carbons (Fsp3) is 1.00. The first-order chi connectivity index (χ1) is 7.97. The van der Waals surface area contributed by atoms with Crippen LogP contribution in [0.25, 0.3) is 0 Å². The normalized spacial score (nSPS) is 31.4. The molecule has 1 aliphatic carbocycles. The van der Waals surface area contributed by atoms with Crippen LogP contribution in [-0.4, -0.2) is 26.3 Å². The molecule has 2 nitrogen and oxygen atoms in total. The highest BCUT2D eigenvalue weighted by Crippen LogP contribution is 2.42. The molecule has 1 saturated carbocycles. The minimum atomic E-state index is -0.735. The summed E-state index contributed by atoms with van der Waals surface area (Å²) in [6, 6.07) is 0.503. The van der Waals surface area contributed by atoms with Crippen molar-refractivity contribution in [2.24, 2.45) is 0 Å². The molecular formula is C14H27NOS. The molecule has 0 bridgehead atoms. The van der Waals surface area contributed by atoms with Gasteiger partial charge in [-0.2, -0.15) is 0 Å². The lowest BCUT2D eigenvalue weighted by molar-refractivity contribution is 0.313. The Morgan fingerprint density at radius 1 is 1.12 bits per heavy atom. The predicted octanol–water partition coefficient (Wildman–Crippen LogP) is 2.99. The van der Waals surface area contributed by atoms with Crippen LogP contribution >= 0.6 is 0 Å². The van der Waals surface area contributed by atoms with E-state index in [0.717, 1.165) is 19.4 Å². The second-order valence-corrected chi connectivity index (χ2v) is 9.23. The summed E-state index contributed by atoms with van der Waals surface area (Å²) in [5.74, 6) is 0. The molecule has 1 aliphatic heterocycles. The second-order valence-electron chi connectivity index (χ2n) is 6.66. The van der Waals surface area contributed by atoms with Crippen molar-refractivity contribution in [1.82, 2.24) is 5.32 Å². The zero-order chi connectivity index (χ0) is 12.5. The van der Waals surface area contributed by atoms with E-state index in [-0.39, 0.29) is 9.49 Å². The van der Waals surface area contributed by atoms with E-state index >= 15 is 0 Å². The van der Waals surface area contributed by atoms with Crippen molar-refractivity contribution in [3.8, 4) is 0 Å². The van der Waals surface area contributed by atoms with E-state index in [2.05, 4.69) is 26.1 Å². The SMILES string of the molecule is CC(C)(C)[S@](=O)C1(C2CCCN2)CCCCC1. The molecular weight excluding hydrogens is 230 g/mol. The van der Waals surface area contributed by atoms with Gasteiger partial charge >= 0.3 is 0 Å². The van der Waals surface area contributed by atoms with Gasteiger partial charge in [0, 0.05) is 21.6 Å². The Hall–Kier alpha value is 0.110. The molecule has 1 heterocycles. The van der Waals surface area contributed by atoms with Crippen LogP contribution in [0.3, 0.4) is 0 Å². The molecule has 0 amide bonds. The van der Waals surface area contributed by atoms with Gasteiger partial charge in [0.05, 0.1) is 4.75 Å². The highest BCUT2D eigenvalue weighted by Gasteiger charge is 2.49. The molecule has 2 rings (SSSR count). The maximum atomic E-state index is 13.0. The van der Waals surface area contributed by atoms with Crippen molar-refractivity contribution in [3.63, 3.8) is 0 Å². The fourth-order valence-electron chi connectivity index (χ4n) is 3.56. The largest absolute Gasteiger partial charge is 0.312 e. The van der Waals surface area contributed by atoms with Gasteiger partial charge in [-0.1, -0.05) is 19.3 Å². The molecule has 0 aromatic heterocycles. The Kier molecular flexibility index (Phi) is 3.99. The third-order valence-electron chi connectivity index (χ3n) is 4.32. The van der Waals surface area contributed by atoms with Crippen molar-refractivity contribution < 1.29 is 4.21 Å². The van der Waals surface area contributed by atoms with Gasteiger partial charge < -0.3 is 5.32 Å². The van der Waals surface area contributed by atoms with Gasteiger partial charge in [-0.25, -0.2) is 0 Å². The van der Waals surface area contributed by atoms with Crippen LogP contribution in [-0.2, 0) is 10.8 Å². The molecule has 1 unspecified atom stereocenters. The lowest BCUT2D eigenvalue weighted by Crippen LogP contribution is -2.56.